The first-order chi connectivity index (χ1) is 41.6. The second kappa shape index (κ2) is 60.6. The van der Waals surface area contributed by atoms with Gasteiger partial charge >= 0.3 is 39.5 Å². The maximum atomic E-state index is 13.0. The molecular weight excluding hydrogens is 1140 g/mol. The Morgan fingerprint density at radius 1 is 0.326 bits per heavy atom. The molecule has 0 rings (SSSR count). The van der Waals surface area contributed by atoms with Gasteiger partial charge < -0.3 is 33.8 Å². The van der Waals surface area contributed by atoms with Gasteiger partial charge in [-0.1, -0.05) is 291 Å². The topological polar surface area (TPSA) is 237 Å². The molecule has 19 heteroatoms. The van der Waals surface area contributed by atoms with E-state index in [4.69, 9.17) is 37.0 Å². The van der Waals surface area contributed by atoms with E-state index in [0.29, 0.717) is 25.7 Å². The first-order valence-electron chi connectivity index (χ1n) is 35.2. The summed E-state index contributed by atoms with van der Waals surface area (Å²) in [4.78, 5) is 72.2. The molecule has 0 aromatic carbocycles. The molecule has 0 radical (unpaired) electrons. The Hall–Kier alpha value is -1.94. The molecule has 0 spiro atoms. The highest BCUT2D eigenvalue weighted by molar-refractivity contribution is 7.47. The first kappa shape index (κ1) is 84.1. The van der Waals surface area contributed by atoms with Crippen LogP contribution >= 0.6 is 15.6 Å². The van der Waals surface area contributed by atoms with Gasteiger partial charge in [0.1, 0.15) is 19.3 Å². The average molecular weight is 1270 g/mol. The maximum Gasteiger partial charge on any atom is 0.472 e. The Labute approximate surface area is 524 Å². The molecule has 0 fully saturated rings. The normalized spacial score (nSPS) is 14.5. The Balaban J connectivity index is 5.18. The highest BCUT2D eigenvalue weighted by Crippen LogP contribution is 2.45. The molecule has 3 unspecified atom stereocenters. The lowest BCUT2D eigenvalue weighted by Crippen LogP contribution is -2.30. The van der Waals surface area contributed by atoms with E-state index in [1.807, 2.05) is 0 Å². The summed E-state index contributed by atoms with van der Waals surface area (Å²) in [5.74, 6) is -1.32. The van der Waals surface area contributed by atoms with Crippen LogP contribution in [0.4, 0.5) is 0 Å². The lowest BCUT2D eigenvalue weighted by atomic mass is 9.99. The van der Waals surface area contributed by atoms with Crippen molar-refractivity contribution >= 4 is 39.5 Å². The Kier molecular flexibility index (Phi) is 59.2. The minimum absolute atomic E-state index is 0.105. The minimum atomic E-state index is -4.95. The molecule has 3 N–H and O–H groups in total. The van der Waals surface area contributed by atoms with Crippen LogP contribution in [0.25, 0.3) is 0 Å². The van der Waals surface area contributed by atoms with E-state index in [1.165, 1.54) is 148 Å². The molecule has 0 aliphatic rings. The van der Waals surface area contributed by atoms with Crippen LogP contribution in [0.3, 0.4) is 0 Å². The Morgan fingerprint density at radius 3 is 0.826 bits per heavy atom. The number of esters is 4. The summed E-state index contributed by atoms with van der Waals surface area (Å²) in [6.45, 7) is 7.18. The van der Waals surface area contributed by atoms with Crippen molar-refractivity contribution in [1.29, 1.82) is 0 Å². The summed E-state index contributed by atoms with van der Waals surface area (Å²) in [7, 11) is -9.88. The smallest absolute Gasteiger partial charge is 0.462 e. The van der Waals surface area contributed by atoms with Gasteiger partial charge in [0, 0.05) is 25.7 Å². The molecule has 0 aromatic heterocycles. The van der Waals surface area contributed by atoms with Crippen LogP contribution < -0.4 is 0 Å². The number of ether oxygens (including phenoxy) is 4. The summed E-state index contributed by atoms with van der Waals surface area (Å²) in [6, 6.07) is 0. The zero-order valence-corrected chi connectivity index (χ0v) is 57.2. The number of aliphatic hydroxyl groups is 1. The molecule has 0 aliphatic heterocycles. The van der Waals surface area contributed by atoms with Gasteiger partial charge in [0.25, 0.3) is 0 Å². The number of unbranched alkanes of at least 4 members (excludes halogenated alkanes) is 38. The van der Waals surface area contributed by atoms with Crippen molar-refractivity contribution in [3.05, 3.63) is 0 Å². The van der Waals surface area contributed by atoms with Gasteiger partial charge in [-0.25, -0.2) is 9.13 Å². The molecular formula is C67H130O17P2. The molecule has 0 amide bonds. The zero-order valence-electron chi connectivity index (χ0n) is 55.4. The predicted molar refractivity (Wildman–Crippen MR) is 345 cm³/mol. The number of hydrogen-bond acceptors (Lipinski definition) is 15. The highest BCUT2D eigenvalue weighted by atomic mass is 31.2. The zero-order chi connectivity index (χ0) is 63.5. The van der Waals surface area contributed by atoms with Crippen LogP contribution in [-0.4, -0.2) is 96.7 Å². The molecule has 0 aromatic rings. The summed E-state index contributed by atoms with van der Waals surface area (Å²) in [6.07, 6.45) is 45.9. The van der Waals surface area contributed by atoms with Gasteiger partial charge in [0.2, 0.25) is 0 Å². The van der Waals surface area contributed by atoms with Gasteiger partial charge in [-0.3, -0.25) is 37.3 Å². The summed E-state index contributed by atoms with van der Waals surface area (Å²) >= 11 is 0. The Morgan fingerprint density at radius 2 is 0.558 bits per heavy atom. The van der Waals surface area contributed by atoms with E-state index < -0.39 is 97.5 Å². The lowest BCUT2D eigenvalue weighted by Gasteiger charge is -2.21. The quantitative estimate of drug-likeness (QED) is 0.0222. The number of phosphoric ester groups is 2. The number of phosphoric acid groups is 2. The SMILES string of the molecule is CCCCCCCCCCCCCCCCCCCC(=O)O[C@H](COC(=O)CCCCCCCCCCCCC(C)CC)COP(=O)(O)OC[C@@H](O)COP(=O)(O)OC[C@@H](COC(=O)CCCCCCCCC)OC(=O)CCCCCCCCCC. The highest BCUT2D eigenvalue weighted by Gasteiger charge is 2.30. The number of rotatable bonds is 67. The van der Waals surface area contributed by atoms with E-state index in [9.17, 15) is 43.2 Å². The van der Waals surface area contributed by atoms with E-state index in [2.05, 4.69) is 34.6 Å². The average Bonchev–Trinajstić information content (AvgIpc) is 3.70. The van der Waals surface area contributed by atoms with Gasteiger partial charge in [-0.2, -0.15) is 0 Å². The number of carbonyl (C=O) groups excluding carboxylic acids is 4. The molecule has 510 valence electrons. The van der Waals surface area contributed by atoms with Crippen LogP contribution in [0.15, 0.2) is 0 Å². The number of aliphatic hydroxyl groups excluding tert-OH is 1. The fraction of sp³-hybridized carbons (Fsp3) is 0.940. The fourth-order valence-electron chi connectivity index (χ4n) is 10.1. The standard InChI is InChI=1S/C67H130O17P2/c1-6-10-13-16-19-21-22-23-24-25-26-27-28-33-38-43-48-53-67(72)84-63(57-78-65(70)51-46-41-37-32-30-29-31-35-39-44-49-60(5)9-4)59-82-86(75,76)80-55-61(68)54-79-85(73,74)81-58-62(56-77-64(69)50-45-40-34-18-15-12-8-3)83-66(71)52-47-42-36-20-17-14-11-7-2/h60-63,68H,6-59H2,1-5H3,(H,73,74)(H,75,76)/t60?,61-,62+,63+/m0/s1. The van der Waals surface area contributed by atoms with Crippen molar-refractivity contribution in [3.63, 3.8) is 0 Å². The lowest BCUT2D eigenvalue weighted by molar-refractivity contribution is -0.161. The van der Waals surface area contributed by atoms with Crippen LogP contribution in [0.1, 0.15) is 343 Å². The molecule has 0 saturated carbocycles. The molecule has 0 aliphatic carbocycles. The monoisotopic (exact) mass is 1270 g/mol. The van der Waals surface area contributed by atoms with Crippen molar-refractivity contribution in [1.82, 2.24) is 0 Å². The third-order valence-electron chi connectivity index (χ3n) is 15.9. The molecule has 6 atom stereocenters. The van der Waals surface area contributed by atoms with Gasteiger partial charge in [-0.15, -0.1) is 0 Å². The van der Waals surface area contributed by atoms with Crippen molar-refractivity contribution in [2.24, 2.45) is 5.92 Å². The third-order valence-corrected chi connectivity index (χ3v) is 17.8. The number of carbonyl (C=O) groups is 4. The molecule has 0 bridgehead atoms. The van der Waals surface area contributed by atoms with E-state index in [-0.39, 0.29) is 25.7 Å². The summed E-state index contributed by atoms with van der Waals surface area (Å²) in [5, 5.41) is 10.5. The van der Waals surface area contributed by atoms with Crippen molar-refractivity contribution < 1.29 is 80.2 Å². The predicted octanol–water partition coefficient (Wildman–Crippen LogP) is 19.0. The minimum Gasteiger partial charge on any atom is -0.462 e. The largest absolute Gasteiger partial charge is 0.472 e. The maximum absolute atomic E-state index is 13.0. The van der Waals surface area contributed by atoms with Crippen molar-refractivity contribution in [2.45, 2.75) is 361 Å². The van der Waals surface area contributed by atoms with E-state index >= 15 is 0 Å². The second-order valence-corrected chi connectivity index (χ2v) is 27.4. The van der Waals surface area contributed by atoms with E-state index in [0.717, 1.165) is 115 Å². The van der Waals surface area contributed by atoms with Gasteiger partial charge in [0.15, 0.2) is 12.2 Å². The van der Waals surface area contributed by atoms with Crippen molar-refractivity contribution in [3.8, 4) is 0 Å². The fourth-order valence-corrected chi connectivity index (χ4v) is 11.7. The summed E-state index contributed by atoms with van der Waals surface area (Å²) in [5.41, 5.74) is 0. The first-order valence-corrected chi connectivity index (χ1v) is 38.2. The summed E-state index contributed by atoms with van der Waals surface area (Å²) < 4.78 is 68.0. The molecule has 0 saturated heterocycles. The van der Waals surface area contributed by atoms with Crippen molar-refractivity contribution in [2.75, 3.05) is 39.6 Å². The molecule has 17 nitrogen and oxygen atoms in total. The third kappa shape index (κ3) is 59.7. The van der Waals surface area contributed by atoms with Gasteiger partial charge in [0.05, 0.1) is 26.4 Å². The van der Waals surface area contributed by atoms with Crippen LogP contribution in [0.2, 0.25) is 0 Å². The van der Waals surface area contributed by atoms with E-state index in [1.54, 1.807) is 0 Å². The molecule has 86 heavy (non-hydrogen) atoms. The van der Waals surface area contributed by atoms with Crippen LogP contribution in [0, 0.1) is 5.92 Å². The van der Waals surface area contributed by atoms with Crippen LogP contribution in [-0.2, 0) is 65.4 Å². The number of hydrogen-bond donors (Lipinski definition) is 3. The Bertz CT molecular complexity index is 1670. The second-order valence-electron chi connectivity index (χ2n) is 24.5. The van der Waals surface area contributed by atoms with Gasteiger partial charge in [-0.05, 0) is 31.6 Å². The van der Waals surface area contributed by atoms with Crippen LogP contribution in [0.5, 0.6) is 0 Å². The molecule has 0 heterocycles.